The Morgan fingerprint density at radius 3 is 2.55 bits per heavy atom. The predicted octanol–water partition coefficient (Wildman–Crippen LogP) is 4.81. The number of H-pyrrole nitrogens is 1. The third-order valence-corrected chi connectivity index (χ3v) is 8.82. The van der Waals surface area contributed by atoms with E-state index in [9.17, 15) is 9.90 Å². The van der Waals surface area contributed by atoms with Crippen LogP contribution in [0.25, 0.3) is 10.9 Å². The first kappa shape index (κ1) is 23.9. The summed E-state index contributed by atoms with van der Waals surface area (Å²) in [7, 11) is 2.04. The third-order valence-electron chi connectivity index (χ3n) is 8.82. The molecule has 1 amide bonds. The lowest BCUT2D eigenvalue weighted by Crippen LogP contribution is -2.52. The Morgan fingerprint density at radius 2 is 1.97 bits per heavy atom. The van der Waals surface area contributed by atoms with Crippen LogP contribution in [0.4, 0.5) is 5.69 Å². The van der Waals surface area contributed by atoms with Gasteiger partial charge in [0, 0.05) is 29.7 Å². The molecule has 2 heterocycles. The molecule has 1 aromatic carbocycles. The molecule has 1 aliphatic carbocycles. The van der Waals surface area contributed by atoms with Gasteiger partial charge in [-0.2, -0.15) is 0 Å². The third kappa shape index (κ3) is 3.51. The number of benzene rings is 1. The number of likely N-dealkylation sites (N-methyl/N-ethyl adjacent to an activating group) is 1. The minimum Gasteiger partial charge on any atom is -0.394 e. The second kappa shape index (κ2) is 8.19. The Bertz CT molecular complexity index is 1080. The van der Waals surface area contributed by atoms with Gasteiger partial charge >= 0.3 is 0 Å². The number of aromatic nitrogens is 1. The lowest BCUT2D eigenvalue weighted by atomic mass is 9.57. The van der Waals surface area contributed by atoms with Crippen molar-refractivity contribution in [3.05, 3.63) is 41.6 Å². The van der Waals surface area contributed by atoms with E-state index in [0.29, 0.717) is 12.3 Å². The van der Waals surface area contributed by atoms with Crippen molar-refractivity contribution < 1.29 is 9.90 Å². The number of aromatic amines is 1. The highest BCUT2D eigenvalue weighted by molar-refractivity contribution is 6.01. The van der Waals surface area contributed by atoms with Gasteiger partial charge in [-0.05, 0) is 59.3 Å². The van der Waals surface area contributed by atoms with E-state index in [1.165, 1.54) is 22.0 Å². The van der Waals surface area contributed by atoms with Crippen LogP contribution < -0.4 is 10.2 Å². The molecule has 2 aromatic rings. The zero-order valence-corrected chi connectivity index (χ0v) is 21.4. The fraction of sp³-hybridized carbons (Fsp3) is 0.607. The fourth-order valence-electron chi connectivity index (χ4n) is 6.21. The zero-order chi connectivity index (χ0) is 24.3. The number of aliphatic hydroxyl groups is 1. The summed E-state index contributed by atoms with van der Waals surface area (Å²) in [5.74, 6) is 0.578. The van der Waals surface area contributed by atoms with Crippen molar-refractivity contribution >= 4 is 22.5 Å². The van der Waals surface area contributed by atoms with Gasteiger partial charge in [0.1, 0.15) is 6.04 Å². The van der Waals surface area contributed by atoms with Crippen LogP contribution in [0.1, 0.15) is 71.1 Å². The molecule has 4 unspecified atom stereocenters. The monoisotopic (exact) mass is 451 g/mol. The van der Waals surface area contributed by atoms with Crippen LogP contribution in [0.15, 0.2) is 24.9 Å². The van der Waals surface area contributed by atoms with E-state index >= 15 is 0 Å². The largest absolute Gasteiger partial charge is 0.394 e. The Hall–Kier alpha value is -2.27. The van der Waals surface area contributed by atoms with Gasteiger partial charge in [0.15, 0.2) is 0 Å². The van der Waals surface area contributed by atoms with Crippen LogP contribution in [-0.2, 0) is 22.0 Å². The fourth-order valence-corrected chi connectivity index (χ4v) is 6.21. The molecule has 3 N–H and O–H groups in total. The van der Waals surface area contributed by atoms with Gasteiger partial charge in [-0.15, -0.1) is 6.58 Å². The van der Waals surface area contributed by atoms with E-state index in [1.807, 2.05) is 7.05 Å². The van der Waals surface area contributed by atoms with Crippen molar-refractivity contribution in [2.24, 2.45) is 11.8 Å². The van der Waals surface area contributed by atoms with Crippen molar-refractivity contribution in [3.63, 3.8) is 0 Å². The summed E-state index contributed by atoms with van der Waals surface area (Å²) in [6, 6.07) is 1.72. The average Bonchev–Trinajstić information content (AvgIpc) is 3.18. The van der Waals surface area contributed by atoms with Gasteiger partial charge in [0.05, 0.1) is 18.2 Å². The first-order valence-corrected chi connectivity index (χ1v) is 12.4. The number of nitrogens with one attached hydrogen (secondary N) is 2. The molecule has 180 valence electrons. The molecule has 0 fully saturated rings. The van der Waals surface area contributed by atoms with Crippen molar-refractivity contribution in [1.29, 1.82) is 0 Å². The highest BCUT2D eigenvalue weighted by Gasteiger charge is 2.45. The molecular formula is C28H41N3O2. The maximum atomic E-state index is 13.3. The number of rotatable bonds is 4. The van der Waals surface area contributed by atoms with Crippen molar-refractivity contribution in [1.82, 2.24) is 10.3 Å². The Kier molecular flexibility index (Phi) is 5.93. The molecule has 33 heavy (non-hydrogen) atoms. The molecule has 5 heteroatoms. The molecule has 0 saturated carbocycles. The van der Waals surface area contributed by atoms with E-state index in [-0.39, 0.29) is 41.3 Å². The molecule has 1 aromatic heterocycles. The van der Waals surface area contributed by atoms with Crippen LogP contribution in [0.5, 0.6) is 0 Å². The number of aliphatic hydroxyl groups excluding tert-OH is 1. The number of carbonyl (C=O) groups excluding carboxylic acids is 1. The Labute approximate surface area is 198 Å². The van der Waals surface area contributed by atoms with Crippen LogP contribution in [0.3, 0.4) is 0 Å². The van der Waals surface area contributed by atoms with Gasteiger partial charge in [-0.3, -0.25) is 4.79 Å². The normalized spacial score (nSPS) is 30.1. The standard InChI is InChI=1S/C28H41N3O2/c1-9-27(6)10-11-28(7,17(4)5)23-20(27)13-21-22-18(14-29-24(22)23)12-19(15-32)30-26(33)25(16(2)3)31(21)8/h9,13-14,16-17,19,25,29,32H,1,10-12,15H2,2-8H3,(H,30,33). The van der Waals surface area contributed by atoms with Gasteiger partial charge in [0.25, 0.3) is 0 Å². The lowest BCUT2D eigenvalue weighted by Gasteiger charge is -2.47. The summed E-state index contributed by atoms with van der Waals surface area (Å²) in [6.07, 6.45) is 6.96. The number of hydrogen-bond acceptors (Lipinski definition) is 3. The quantitative estimate of drug-likeness (QED) is 0.584. The van der Waals surface area contributed by atoms with Crippen molar-refractivity contribution in [2.75, 3.05) is 18.6 Å². The molecule has 2 aliphatic rings. The zero-order valence-electron chi connectivity index (χ0n) is 21.4. The van der Waals surface area contributed by atoms with Gasteiger partial charge < -0.3 is 20.3 Å². The Morgan fingerprint density at radius 1 is 1.27 bits per heavy atom. The topological polar surface area (TPSA) is 68.4 Å². The van der Waals surface area contributed by atoms with Crippen LogP contribution in [0.2, 0.25) is 0 Å². The molecule has 1 aliphatic heterocycles. The van der Waals surface area contributed by atoms with E-state index in [0.717, 1.165) is 24.1 Å². The van der Waals surface area contributed by atoms with E-state index < -0.39 is 0 Å². The van der Waals surface area contributed by atoms with Gasteiger partial charge in [0.2, 0.25) is 5.91 Å². The summed E-state index contributed by atoms with van der Waals surface area (Å²) in [5.41, 5.74) is 6.05. The first-order chi connectivity index (χ1) is 15.5. The molecule has 0 radical (unpaired) electrons. The highest BCUT2D eigenvalue weighted by atomic mass is 16.3. The van der Waals surface area contributed by atoms with E-state index in [4.69, 9.17) is 0 Å². The number of amides is 1. The Balaban J connectivity index is 2.12. The average molecular weight is 452 g/mol. The van der Waals surface area contributed by atoms with Crippen molar-refractivity contribution in [2.45, 2.75) is 83.7 Å². The van der Waals surface area contributed by atoms with Crippen LogP contribution >= 0.6 is 0 Å². The van der Waals surface area contributed by atoms with Gasteiger partial charge in [-0.25, -0.2) is 0 Å². The predicted molar refractivity (Wildman–Crippen MR) is 137 cm³/mol. The van der Waals surface area contributed by atoms with Crippen LogP contribution in [0, 0.1) is 11.8 Å². The molecule has 4 atom stereocenters. The molecule has 4 rings (SSSR count). The number of anilines is 1. The maximum absolute atomic E-state index is 13.3. The second-order valence-corrected chi connectivity index (χ2v) is 11.5. The smallest absolute Gasteiger partial charge is 0.243 e. The van der Waals surface area contributed by atoms with Gasteiger partial charge in [-0.1, -0.05) is 47.6 Å². The number of nitrogens with zero attached hydrogens (tertiary/aromatic N) is 1. The van der Waals surface area contributed by atoms with E-state index in [2.05, 4.69) is 81.7 Å². The summed E-state index contributed by atoms with van der Waals surface area (Å²) in [5, 5.41) is 14.3. The molecule has 0 saturated heterocycles. The molecular weight excluding hydrogens is 410 g/mol. The number of hydrogen-bond donors (Lipinski definition) is 3. The summed E-state index contributed by atoms with van der Waals surface area (Å²) >= 11 is 0. The molecule has 0 spiro atoms. The minimum absolute atomic E-state index is 0.0231. The summed E-state index contributed by atoms with van der Waals surface area (Å²) in [4.78, 5) is 19.1. The maximum Gasteiger partial charge on any atom is 0.243 e. The highest BCUT2D eigenvalue weighted by Crippen LogP contribution is 2.54. The second-order valence-electron chi connectivity index (χ2n) is 11.5. The minimum atomic E-state index is -0.323. The number of allylic oxidation sites excluding steroid dienone is 1. The summed E-state index contributed by atoms with van der Waals surface area (Å²) < 4.78 is 0. The lowest BCUT2D eigenvalue weighted by molar-refractivity contribution is -0.124. The summed E-state index contributed by atoms with van der Waals surface area (Å²) in [6.45, 7) is 17.7. The molecule has 5 nitrogen and oxygen atoms in total. The van der Waals surface area contributed by atoms with Crippen LogP contribution in [-0.4, -0.2) is 41.7 Å². The first-order valence-electron chi connectivity index (χ1n) is 12.4. The molecule has 0 bridgehead atoms. The van der Waals surface area contributed by atoms with Crippen molar-refractivity contribution in [3.8, 4) is 0 Å². The number of fused-ring (bicyclic) bond motifs is 2. The number of carbonyl (C=O) groups is 1. The van der Waals surface area contributed by atoms with E-state index in [1.54, 1.807) is 0 Å². The SMILES string of the molecule is C=CC1(C)CCC(C)(C(C)C)c2c1cc1c3c(c[nH]c23)CC(CO)NC(=O)C(C(C)C)N1C.